The van der Waals surface area contributed by atoms with Crippen LogP contribution in [0.15, 0.2) is 36.4 Å². The van der Waals surface area contributed by atoms with E-state index in [1.54, 1.807) is 25.2 Å². The molecule has 1 aliphatic rings. The number of likely N-dealkylation sites (tertiary alicyclic amines) is 1. The van der Waals surface area contributed by atoms with Gasteiger partial charge in [0.1, 0.15) is 23.1 Å². The van der Waals surface area contributed by atoms with Crippen molar-refractivity contribution in [3.8, 4) is 11.5 Å². The summed E-state index contributed by atoms with van der Waals surface area (Å²) >= 11 is 0. The highest BCUT2D eigenvalue weighted by Crippen LogP contribution is 2.39. The zero-order valence-corrected chi connectivity index (χ0v) is 16.9. The summed E-state index contributed by atoms with van der Waals surface area (Å²) in [5, 5.41) is 2.52. The number of hydrogen-bond acceptors (Lipinski definition) is 4. The third-order valence-electron chi connectivity index (χ3n) is 5.17. The van der Waals surface area contributed by atoms with Crippen molar-refractivity contribution in [2.45, 2.75) is 25.3 Å². The Morgan fingerprint density at radius 3 is 2.63 bits per heavy atom. The van der Waals surface area contributed by atoms with Gasteiger partial charge in [-0.1, -0.05) is 0 Å². The largest absolute Gasteiger partial charge is 0.497 e. The lowest BCUT2D eigenvalue weighted by molar-refractivity contribution is -0.132. The minimum atomic E-state index is -0.941. The van der Waals surface area contributed by atoms with Crippen molar-refractivity contribution in [3.63, 3.8) is 0 Å². The lowest BCUT2D eigenvalue weighted by atomic mass is 10.0. The van der Waals surface area contributed by atoms with Crippen LogP contribution in [0.4, 0.5) is 8.78 Å². The van der Waals surface area contributed by atoms with E-state index in [2.05, 4.69) is 5.32 Å². The van der Waals surface area contributed by atoms with E-state index >= 15 is 0 Å². The van der Waals surface area contributed by atoms with Crippen molar-refractivity contribution in [1.29, 1.82) is 0 Å². The first-order valence-electron chi connectivity index (χ1n) is 9.69. The average molecular weight is 418 g/mol. The van der Waals surface area contributed by atoms with Crippen molar-refractivity contribution in [1.82, 2.24) is 10.2 Å². The molecule has 0 bridgehead atoms. The van der Waals surface area contributed by atoms with Gasteiger partial charge in [-0.3, -0.25) is 9.59 Å². The van der Waals surface area contributed by atoms with E-state index in [0.717, 1.165) is 30.5 Å². The number of ether oxygens (including phenoxy) is 2. The second-order valence-electron chi connectivity index (χ2n) is 6.98. The van der Waals surface area contributed by atoms with Crippen LogP contribution >= 0.6 is 0 Å². The van der Waals surface area contributed by atoms with Gasteiger partial charge in [0.25, 0.3) is 5.91 Å². The van der Waals surface area contributed by atoms with Crippen molar-refractivity contribution in [2.75, 3.05) is 27.3 Å². The number of rotatable bonds is 7. The van der Waals surface area contributed by atoms with Gasteiger partial charge in [0.05, 0.1) is 25.8 Å². The molecule has 0 aromatic heterocycles. The first-order valence-corrected chi connectivity index (χ1v) is 9.69. The molecule has 8 heteroatoms. The summed E-state index contributed by atoms with van der Waals surface area (Å²) in [4.78, 5) is 26.6. The number of methoxy groups -OCH3 is 2. The number of amides is 2. The van der Waals surface area contributed by atoms with Crippen LogP contribution in [0.3, 0.4) is 0 Å². The standard InChI is InChI=1S/C22H24F2N2O4/c1-29-15-6-8-20(30-2)17(13-15)19-4-3-11-26(19)21(27)9-10-25-22(28)16-7-5-14(23)12-18(16)24/h5-8,12-13,19H,3-4,9-11H2,1-2H3,(H,25,28). The number of benzene rings is 2. The monoisotopic (exact) mass is 418 g/mol. The molecule has 1 saturated heterocycles. The molecule has 2 aromatic carbocycles. The maximum atomic E-state index is 13.7. The lowest BCUT2D eigenvalue weighted by Crippen LogP contribution is -2.34. The van der Waals surface area contributed by atoms with Gasteiger partial charge in [-0.15, -0.1) is 0 Å². The molecule has 0 radical (unpaired) electrons. The van der Waals surface area contributed by atoms with Crippen LogP contribution < -0.4 is 14.8 Å². The highest BCUT2D eigenvalue weighted by molar-refractivity contribution is 5.94. The first-order chi connectivity index (χ1) is 14.4. The van der Waals surface area contributed by atoms with E-state index in [1.165, 1.54) is 0 Å². The summed E-state index contributed by atoms with van der Waals surface area (Å²) in [6.45, 7) is 0.650. The molecule has 30 heavy (non-hydrogen) atoms. The maximum Gasteiger partial charge on any atom is 0.254 e. The van der Waals surface area contributed by atoms with Crippen molar-refractivity contribution >= 4 is 11.8 Å². The third kappa shape index (κ3) is 4.69. The lowest BCUT2D eigenvalue weighted by Gasteiger charge is -2.27. The molecule has 1 heterocycles. The second-order valence-corrected chi connectivity index (χ2v) is 6.98. The van der Waals surface area contributed by atoms with E-state index in [1.807, 2.05) is 12.1 Å². The smallest absolute Gasteiger partial charge is 0.254 e. The zero-order valence-electron chi connectivity index (χ0n) is 16.9. The average Bonchev–Trinajstić information content (AvgIpc) is 3.22. The molecule has 1 fully saturated rings. The number of carbonyl (C=O) groups excluding carboxylic acids is 2. The molecule has 3 rings (SSSR count). The predicted octanol–water partition coefficient (Wildman–Crippen LogP) is 3.47. The highest BCUT2D eigenvalue weighted by Gasteiger charge is 2.32. The van der Waals surface area contributed by atoms with Crippen LogP contribution in [0.25, 0.3) is 0 Å². The van der Waals surface area contributed by atoms with E-state index in [4.69, 9.17) is 9.47 Å². The molecule has 1 atom stereocenters. The fourth-order valence-corrected chi connectivity index (χ4v) is 3.68. The van der Waals surface area contributed by atoms with Gasteiger partial charge in [-0.2, -0.15) is 0 Å². The van der Waals surface area contributed by atoms with Crippen molar-refractivity contribution < 1.29 is 27.8 Å². The Hall–Kier alpha value is -3.16. The summed E-state index contributed by atoms with van der Waals surface area (Å²) in [5.41, 5.74) is 0.615. The van der Waals surface area contributed by atoms with Gasteiger partial charge >= 0.3 is 0 Å². The van der Waals surface area contributed by atoms with E-state index < -0.39 is 17.5 Å². The Kier molecular flexibility index (Phi) is 6.87. The van der Waals surface area contributed by atoms with Gasteiger partial charge < -0.3 is 19.7 Å². The van der Waals surface area contributed by atoms with Gasteiger partial charge in [0, 0.05) is 31.1 Å². The van der Waals surface area contributed by atoms with Crippen LogP contribution in [0.1, 0.15) is 41.2 Å². The molecule has 1 aliphatic heterocycles. The van der Waals surface area contributed by atoms with Gasteiger partial charge in [-0.25, -0.2) is 8.78 Å². The number of hydrogen-bond donors (Lipinski definition) is 1. The molecule has 0 saturated carbocycles. The Morgan fingerprint density at radius 1 is 1.13 bits per heavy atom. The summed E-state index contributed by atoms with van der Waals surface area (Å²) in [6, 6.07) is 8.07. The SMILES string of the molecule is COc1ccc(OC)c(C2CCCN2C(=O)CCNC(=O)c2ccc(F)cc2F)c1. The Bertz CT molecular complexity index is 935. The van der Waals surface area contributed by atoms with Crippen LogP contribution in [0, 0.1) is 11.6 Å². The molecular formula is C22H24F2N2O4. The number of nitrogens with one attached hydrogen (secondary N) is 1. The summed E-state index contributed by atoms with van der Waals surface area (Å²) in [5.74, 6) is -1.15. The topological polar surface area (TPSA) is 67.9 Å². The van der Waals surface area contributed by atoms with Gasteiger partial charge in [0.2, 0.25) is 5.91 Å². The molecule has 1 N–H and O–H groups in total. The quantitative estimate of drug-likeness (QED) is 0.748. The van der Waals surface area contributed by atoms with E-state index in [0.29, 0.717) is 24.1 Å². The normalized spacial score (nSPS) is 15.7. The molecule has 2 aromatic rings. The van der Waals surface area contributed by atoms with Crippen molar-refractivity contribution in [2.24, 2.45) is 0 Å². The Balaban J connectivity index is 1.63. The fraction of sp³-hybridized carbons (Fsp3) is 0.364. The minimum Gasteiger partial charge on any atom is -0.497 e. The summed E-state index contributed by atoms with van der Waals surface area (Å²) < 4.78 is 37.4. The molecule has 0 aliphatic carbocycles. The Labute approximate surface area is 173 Å². The summed E-state index contributed by atoms with van der Waals surface area (Å²) in [7, 11) is 3.16. The van der Waals surface area contributed by atoms with Crippen molar-refractivity contribution in [3.05, 3.63) is 59.2 Å². The van der Waals surface area contributed by atoms with E-state index in [9.17, 15) is 18.4 Å². The highest BCUT2D eigenvalue weighted by atomic mass is 19.1. The molecule has 0 spiro atoms. The first kappa shape index (κ1) is 21.5. The molecular weight excluding hydrogens is 394 g/mol. The fourth-order valence-electron chi connectivity index (χ4n) is 3.68. The third-order valence-corrected chi connectivity index (χ3v) is 5.17. The Morgan fingerprint density at radius 2 is 1.93 bits per heavy atom. The van der Waals surface area contributed by atoms with Crippen LogP contribution in [-0.4, -0.2) is 44.0 Å². The number of carbonyl (C=O) groups is 2. The van der Waals surface area contributed by atoms with Gasteiger partial charge in [-0.05, 0) is 43.2 Å². The number of nitrogens with zero attached hydrogens (tertiary/aromatic N) is 1. The molecule has 6 nitrogen and oxygen atoms in total. The van der Waals surface area contributed by atoms with E-state index in [-0.39, 0.29) is 30.5 Å². The van der Waals surface area contributed by atoms with Gasteiger partial charge in [0.15, 0.2) is 0 Å². The van der Waals surface area contributed by atoms with Crippen LogP contribution in [0.5, 0.6) is 11.5 Å². The number of halogens is 2. The zero-order chi connectivity index (χ0) is 21.7. The summed E-state index contributed by atoms with van der Waals surface area (Å²) in [6.07, 6.45) is 1.71. The second kappa shape index (κ2) is 9.56. The minimum absolute atomic E-state index is 0.0486. The molecule has 160 valence electrons. The van der Waals surface area contributed by atoms with Crippen LogP contribution in [0.2, 0.25) is 0 Å². The molecule has 1 unspecified atom stereocenters. The maximum absolute atomic E-state index is 13.7. The van der Waals surface area contributed by atoms with Crippen LogP contribution in [-0.2, 0) is 4.79 Å². The molecule has 2 amide bonds. The predicted molar refractivity (Wildman–Crippen MR) is 107 cm³/mol.